The Morgan fingerprint density at radius 3 is 2.28 bits per heavy atom. The fourth-order valence-corrected chi connectivity index (χ4v) is 1.80. The minimum absolute atomic E-state index is 0.233. The van der Waals surface area contributed by atoms with Crippen LogP contribution in [0.4, 0.5) is 22.0 Å². The number of halogens is 6. The molecule has 0 saturated carbocycles. The fourth-order valence-electron chi connectivity index (χ4n) is 1.20. The summed E-state index contributed by atoms with van der Waals surface area (Å²) in [6, 6.07) is 0.980. The number of ketones is 1. The van der Waals surface area contributed by atoms with E-state index >= 15 is 0 Å². The molecule has 0 bridgehead atoms. The summed E-state index contributed by atoms with van der Waals surface area (Å²) in [5, 5.41) is 0. The number of carbonyl (C=O) groups is 1. The number of carbonyl (C=O) groups excluding carboxylic acids is 1. The van der Waals surface area contributed by atoms with Crippen LogP contribution in [0.3, 0.4) is 0 Å². The first-order valence-electron chi connectivity index (χ1n) is 4.49. The Bertz CT molecular complexity index is 470. The zero-order chi connectivity index (χ0) is 14.1. The molecule has 0 amide bonds. The van der Waals surface area contributed by atoms with Crippen LogP contribution in [0, 0.1) is 0 Å². The Hall–Kier alpha value is -1.18. The first-order chi connectivity index (χ1) is 8.12. The van der Waals surface area contributed by atoms with Crippen LogP contribution < -0.4 is 4.74 Å². The highest BCUT2D eigenvalue weighted by Gasteiger charge is 2.33. The Morgan fingerprint density at radius 1 is 1.33 bits per heavy atom. The molecule has 0 unspecified atom stereocenters. The van der Waals surface area contributed by atoms with Crippen LogP contribution in [0.5, 0.6) is 5.75 Å². The Labute approximate surface area is 107 Å². The molecular formula is C10H6BrF5O2. The topological polar surface area (TPSA) is 26.3 Å². The minimum Gasteiger partial charge on any atom is -0.434 e. The molecule has 18 heavy (non-hydrogen) atoms. The Balaban J connectivity index is 3.42. The van der Waals surface area contributed by atoms with Crippen LogP contribution in [0.2, 0.25) is 0 Å². The van der Waals surface area contributed by atoms with Crippen LogP contribution in [0.1, 0.15) is 22.8 Å². The van der Waals surface area contributed by atoms with Gasteiger partial charge in [0, 0.05) is 5.56 Å². The number of rotatable bonds is 3. The molecule has 0 aliphatic rings. The second-order valence-corrected chi connectivity index (χ2v) is 4.06. The van der Waals surface area contributed by atoms with Gasteiger partial charge in [0.15, 0.2) is 5.78 Å². The maximum atomic E-state index is 12.5. The third-order valence-corrected chi connectivity index (χ3v) is 2.78. The van der Waals surface area contributed by atoms with E-state index in [4.69, 9.17) is 0 Å². The van der Waals surface area contributed by atoms with Crippen LogP contribution in [-0.4, -0.2) is 12.4 Å². The molecule has 100 valence electrons. The molecule has 1 aromatic carbocycles. The van der Waals surface area contributed by atoms with E-state index in [-0.39, 0.29) is 10.0 Å². The van der Waals surface area contributed by atoms with Gasteiger partial charge in [-0.1, -0.05) is 0 Å². The van der Waals surface area contributed by atoms with Crippen molar-refractivity contribution in [2.75, 3.05) is 0 Å². The predicted molar refractivity (Wildman–Crippen MR) is 55.8 cm³/mol. The lowest BCUT2D eigenvalue weighted by Gasteiger charge is -2.14. The monoisotopic (exact) mass is 332 g/mol. The summed E-state index contributed by atoms with van der Waals surface area (Å²) in [4.78, 5) is 11.1. The molecule has 0 radical (unpaired) electrons. The third-order valence-electron chi connectivity index (χ3n) is 1.96. The molecule has 1 rings (SSSR count). The number of ether oxygens (including phenoxy) is 1. The molecule has 0 aliphatic heterocycles. The SMILES string of the molecule is CC(=O)c1cc(C(F)(F)F)cc(OC(F)F)c1Br. The molecule has 0 atom stereocenters. The zero-order valence-electron chi connectivity index (χ0n) is 8.82. The summed E-state index contributed by atoms with van der Waals surface area (Å²) in [6.45, 7) is -2.27. The fraction of sp³-hybridized carbons (Fsp3) is 0.300. The summed E-state index contributed by atoms with van der Waals surface area (Å²) in [5.74, 6) is -1.43. The van der Waals surface area contributed by atoms with Crippen LogP contribution in [-0.2, 0) is 6.18 Å². The molecule has 0 aliphatic carbocycles. The van der Waals surface area contributed by atoms with Crippen molar-refractivity contribution in [1.29, 1.82) is 0 Å². The van der Waals surface area contributed by atoms with Gasteiger partial charge in [-0.2, -0.15) is 22.0 Å². The number of alkyl halides is 5. The van der Waals surface area contributed by atoms with Crippen molar-refractivity contribution >= 4 is 21.7 Å². The van der Waals surface area contributed by atoms with E-state index in [2.05, 4.69) is 20.7 Å². The van der Waals surface area contributed by atoms with Gasteiger partial charge in [-0.05, 0) is 35.0 Å². The van der Waals surface area contributed by atoms with Gasteiger partial charge in [0.25, 0.3) is 0 Å². The lowest BCUT2D eigenvalue weighted by Crippen LogP contribution is -2.10. The lowest BCUT2D eigenvalue weighted by atomic mass is 10.1. The van der Waals surface area contributed by atoms with Gasteiger partial charge in [0.2, 0.25) is 0 Å². The number of hydrogen-bond acceptors (Lipinski definition) is 2. The molecule has 2 nitrogen and oxygen atoms in total. The first kappa shape index (κ1) is 14.9. The van der Waals surface area contributed by atoms with Gasteiger partial charge >= 0.3 is 12.8 Å². The highest BCUT2D eigenvalue weighted by atomic mass is 79.9. The molecule has 0 saturated heterocycles. The molecule has 0 heterocycles. The van der Waals surface area contributed by atoms with Crippen LogP contribution in [0.25, 0.3) is 0 Å². The average Bonchev–Trinajstić information content (AvgIpc) is 2.18. The Kier molecular flexibility index (Phi) is 4.31. The minimum atomic E-state index is -4.76. The maximum absolute atomic E-state index is 12.5. The van der Waals surface area contributed by atoms with Gasteiger partial charge in [0.1, 0.15) is 5.75 Å². The molecule has 0 aromatic heterocycles. The molecule has 8 heteroatoms. The van der Waals surface area contributed by atoms with E-state index in [0.29, 0.717) is 12.1 Å². The van der Waals surface area contributed by atoms with E-state index < -0.39 is 29.9 Å². The zero-order valence-corrected chi connectivity index (χ0v) is 10.4. The second-order valence-electron chi connectivity index (χ2n) is 3.27. The van der Waals surface area contributed by atoms with Crippen molar-refractivity contribution in [1.82, 2.24) is 0 Å². The van der Waals surface area contributed by atoms with Gasteiger partial charge in [0.05, 0.1) is 10.0 Å². The van der Waals surface area contributed by atoms with Crippen molar-refractivity contribution in [2.24, 2.45) is 0 Å². The van der Waals surface area contributed by atoms with Gasteiger partial charge in [-0.15, -0.1) is 0 Å². The van der Waals surface area contributed by atoms with E-state index in [1.165, 1.54) is 0 Å². The summed E-state index contributed by atoms with van der Waals surface area (Å²) in [6.07, 6.45) is -4.76. The number of hydrogen-bond donors (Lipinski definition) is 0. The lowest BCUT2D eigenvalue weighted by molar-refractivity contribution is -0.138. The summed E-state index contributed by atoms with van der Waals surface area (Å²) < 4.78 is 65.3. The van der Waals surface area contributed by atoms with E-state index in [0.717, 1.165) is 6.92 Å². The van der Waals surface area contributed by atoms with Gasteiger partial charge in [-0.25, -0.2) is 0 Å². The van der Waals surface area contributed by atoms with E-state index in [1.54, 1.807) is 0 Å². The van der Waals surface area contributed by atoms with Crippen molar-refractivity contribution in [3.8, 4) is 5.75 Å². The third kappa shape index (κ3) is 3.41. The van der Waals surface area contributed by atoms with Crippen LogP contribution in [0.15, 0.2) is 16.6 Å². The van der Waals surface area contributed by atoms with E-state index in [9.17, 15) is 26.7 Å². The highest BCUT2D eigenvalue weighted by molar-refractivity contribution is 9.10. The smallest absolute Gasteiger partial charge is 0.416 e. The quantitative estimate of drug-likeness (QED) is 0.610. The van der Waals surface area contributed by atoms with Crippen molar-refractivity contribution in [3.05, 3.63) is 27.7 Å². The summed E-state index contributed by atoms with van der Waals surface area (Å²) >= 11 is 2.76. The van der Waals surface area contributed by atoms with Gasteiger partial charge < -0.3 is 4.74 Å². The van der Waals surface area contributed by atoms with Crippen molar-refractivity contribution in [2.45, 2.75) is 19.7 Å². The second kappa shape index (κ2) is 5.21. The largest absolute Gasteiger partial charge is 0.434 e. The number of benzene rings is 1. The van der Waals surface area contributed by atoms with Gasteiger partial charge in [-0.3, -0.25) is 4.79 Å². The summed E-state index contributed by atoms with van der Waals surface area (Å²) in [7, 11) is 0. The maximum Gasteiger partial charge on any atom is 0.416 e. The first-order valence-corrected chi connectivity index (χ1v) is 5.28. The van der Waals surface area contributed by atoms with Crippen molar-refractivity contribution in [3.63, 3.8) is 0 Å². The van der Waals surface area contributed by atoms with Crippen LogP contribution >= 0.6 is 15.9 Å². The summed E-state index contributed by atoms with van der Waals surface area (Å²) in [5.41, 5.74) is -1.60. The number of Topliss-reactive ketones (excluding diaryl/α,β-unsaturated/α-hetero) is 1. The Morgan fingerprint density at radius 2 is 1.89 bits per heavy atom. The standard InChI is InChI=1S/C10H6BrF5O2/c1-4(17)6-2-5(10(14,15)16)3-7(8(6)11)18-9(12)13/h2-3,9H,1H3. The molecule has 0 N–H and O–H groups in total. The average molecular weight is 333 g/mol. The molecule has 0 spiro atoms. The van der Waals surface area contributed by atoms with E-state index in [1.807, 2.05) is 0 Å². The molecule has 0 fully saturated rings. The molecular weight excluding hydrogens is 327 g/mol. The highest BCUT2D eigenvalue weighted by Crippen LogP contribution is 2.38. The normalized spacial score (nSPS) is 11.8. The predicted octanol–water partition coefficient (Wildman–Crippen LogP) is 4.27. The molecule has 1 aromatic rings. The van der Waals surface area contributed by atoms with Crippen molar-refractivity contribution < 1.29 is 31.5 Å².